The number of aromatic nitrogens is 2. The van der Waals surface area contributed by atoms with Gasteiger partial charge in [-0.1, -0.05) is 12.1 Å². The first-order valence-electron chi connectivity index (χ1n) is 8.53. The van der Waals surface area contributed by atoms with E-state index in [2.05, 4.69) is 0 Å². The highest BCUT2D eigenvalue weighted by Gasteiger charge is 2.51. The second-order valence-electron chi connectivity index (χ2n) is 7.17. The van der Waals surface area contributed by atoms with Crippen molar-refractivity contribution in [2.45, 2.75) is 39.4 Å². The summed E-state index contributed by atoms with van der Waals surface area (Å²) in [6.45, 7) is 6.39. The van der Waals surface area contributed by atoms with Gasteiger partial charge in [0.05, 0.1) is 7.05 Å². The Morgan fingerprint density at radius 2 is 1.67 bits per heavy atom. The molecule has 8 heteroatoms. The van der Waals surface area contributed by atoms with E-state index in [4.69, 9.17) is 9.47 Å². The van der Waals surface area contributed by atoms with Gasteiger partial charge in [0, 0.05) is 27.7 Å². The molecular formula is C19H22N2O6. The summed E-state index contributed by atoms with van der Waals surface area (Å²) in [5, 5.41) is 22.4. The Balaban J connectivity index is 2.21. The summed E-state index contributed by atoms with van der Waals surface area (Å²) in [6, 6.07) is 6.00. The summed E-state index contributed by atoms with van der Waals surface area (Å²) in [5.41, 5.74) is 1.69. The molecule has 0 saturated carbocycles. The van der Waals surface area contributed by atoms with Crippen molar-refractivity contribution < 1.29 is 28.9 Å². The van der Waals surface area contributed by atoms with Crippen LogP contribution in [0.2, 0.25) is 0 Å². The molecule has 8 nitrogen and oxygen atoms in total. The molecule has 3 rings (SSSR count). The molecule has 2 heterocycles. The lowest BCUT2D eigenvalue weighted by atomic mass is 9.84. The first-order valence-corrected chi connectivity index (χ1v) is 8.53. The van der Waals surface area contributed by atoms with Gasteiger partial charge in [-0.15, -0.1) is 0 Å². The fourth-order valence-corrected chi connectivity index (χ4v) is 3.38. The van der Waals surface area contributed by atoms with Gasteiger partial charge in [0.25, 0.3) is 11.6 Å². The van der Waals surface area contributed by atoms with E-state index in [0.29, 0.717) is 21.7 Å². The number of hydrogen-bond acceptors (Lipinski definition) is 6. The summed E-state index contributed by atoms with van der Waals surface area (Å²) >= 11 is 0. The number of hydrogen-bond donors (Lipinski definition) is 1. The highest BCUT2D eigenvalue weighted by Crippen LogP contribution is 2.38. The van der Waals surface area contributed by atoms with E-state index >= 15 is 0 Å². The first-order chi connectivity index (χ1) is 12.5. The molecule has 1 aliphatic rings. The van der Waals surface area contributed by atoms with Crippen LogP contribution in [-0.2, 0) is 26.1 Å². The van der Waals surface area contributed by atoms with E-state index in [1.165, 1.54) is 26.0 Å². The molecule has 1 aromatic carbocycles. The van der Waals surface area contributed by atoms with Crippen LogP contribution in [0.1, 0.15) is 42.5 Å². The molecule has 27 heavy (non-hydrogen) atoms. The maximum Gasteiger partial charge on any atom is 0.324 e. The molecule has 0 radical (unpaired) electrons. The molecule has 144 valence electrons. The van der Waals surface area contributed by atoms with Crippen LogP contribution in [-0.4, -0.2) is 27.4 Å². The number of phenolic OH excluding ortho intramolecular Hbond substituents is 1. The molecule has 1 atom stereocenters. The summed E-state index contributed by atoms with van der Waals surface area (Å²) in [6.07, 6.45) is 0. The number of rotatable bonds is 3. The van der Waals surface area contributed by atoms with Crippen molar-refractivity contribution in [3.8, 4) is 5.75 Å². The lowest BCUT2D eigenvalue weighted by Crippen LogP contribution is -2.50. The van der Waals surface area contributed by atoms with Gasteiger partial charge in [-0.25, -0.2) is 9.30 Å². The Hall–Kier alpha value is -3.03. The third-order valence-electron chi connectivity index (χ3n) is 4.95. The number of imidazole rings is 1. The van der Waals surface area contributed by atoms with Crippen LogP contribution in [0.15, 0.2) is 24.3 Å². The average molecular weight is 374 g/mol. The minimum Gasteiger partial charge on any atom is -0.711 e. The van der Waals surface area contributed by atoms with E-state index in [1.54, 1.807) is 37.6 Å². The van der Waals surface area contributed by atoms with Crippen LogP contribution in [0.4, 0.5) is 0 Å². The normalized spacial score (nSPS) is 18.1. The van der Waals surface area contributed by atoms with Crippen LogP contribution in [0.25, 0.3) is 0 Å². The third-order valence-corrected chi connectivity index (χ3v) is 4.95. The van der Waals surface area contributed by atoms with E-state index in [1.807, 2.05) is 0 Å². The number of phenols is 1. The molecule has 1 fully saturated rings. The van der Waals surface area contributed by atoms with Crippen LogP contribution < -0.4 is 4.73 Å². The monoisotopic (exact) mass is 374 g/mol. The number of aromatic hydroxyl groups is 1. The molecule has 2 aromatic rings. The summed E-state index contributed by atoms with van der Waals surface area (Å²) in [7, 11) is 1.70. The van der Waals surface area contributed by atoms with Crippen molar-refractivity contribution >= 4 is 11.9 Å². The molecular weight excluding hydrogens is 352 g/mol. The molecule has 0 spiro atoms. The SMILES string of the molecule is Cc1c(C)[n+]([O-])c(C(c2ccc(O)cc2)C2C(=O)OC(C)(C)OC2=O)n1C. The molecule has 1 N–H and O–H groups in total. The number of nitrogens with zero attached hydrogens (tertiary/aromatic N) is 2. The minimum atomic E-state index is -1.36. The van der Waals surface area contributed by atoms with Crippen LogP contribution >= 0.6 is 0 Å². The maximum absolute atomic E-state index is 12.8. The van der Waals surface area contributed by atoms with Crippen molar-refractivity contribution in [2.24, 2.45) is 13.0 Å². The molecule has 1 saturated heterocycles. The van der Waals surface area contributed by atoms with Crippen molar-refractivity contribution in [2.75, 3.05) is 0 Å². The molecule has 1 aromatic heterocycles. The van der Waals surface area contributed by atoms with Gasteiger partial charge in [0.2, 0.25) is 0 Å². The zero-order chi connectivity index (χ0) is 20.1. The highest BCUT2D eigenvalue weighted by molar-refractivity contribution is 5.98. The average Bonchev–Trinajstić information content (AvgIpc) is 2.75. The predicted octanol–water partition coefficient (Wildman–Crippen LogP) is 1.57. The van der Waals surface area contributed by atoms with E-state index < -0.39 is 29.6 Å². The number of carbonyl (C=O) groups excluding carboxylic acids is 2. The second kappa shape index (κ2) is 6.29. The number of carbonyl (C=O) groups is 2. The Morgan fingerprint density at radius 1 is 1.15 bits per heavy atom. The molecule has 0 aliphatic carbocycles. The fourth-order valence-electron chi connectivity index (χ4n) is 3.38. The fraction of sp³-hybridized carbons (Fsp3) is 0.421. The Labute approximate surface area is 156 Å². The molecule has 1 unspecified atom stereocenters. The van der Waals surface area contributed by atoms with Gasteiger partial charge >= 0.3 is 11.9 Å². The van der Waals surface area contributed by atoms with Crippen LogP contribution in [0.5, 0.6) is 5.75 Å². The number of ether oxygens (including phenoxy) is 2. The van der Waals surface area contributed by atoms with Gasteiger partial charge in [0.15, 0.2) is 5.92 Å². The Bertz CT molecular complexity index is 868. The highest BCUT2D eigenvalue weighted by atomic mass is 16.7. The summed E-state index contributed by atoms with van der Waals surface area (Å²) in [5.74, 6) is -4.91. The molecule has 0 bridgehead atoms. The largest absolute Gasteiger partial charge is 0.711 e. The van der Waals surface area contributed by atoms with E-state index in [9.17, 15) is 19.9 Å². The maximum atomic E-state index is 12.8. The Kier molecular flexibility index (Phi) is 4.37. The van der Waals surface area contributed by atoms with Crippen molar-refractivity contribution in [1.29, 1.82) is 0 Å². The lowest BCUT2D eigenvalue weighted by molar-refractivity contribution is -0.621. The number of cyclic esters (lactones) is 2. The van der Waals surface area contributed by atoms with E-state index in [-0.39, 0.29) is 11.6 Å². The second-order valence-corrected chi connectivity index (χ2v) is 7.17. The predicted molar refractivity (Wildman–Crippen MR) is 93.5 cm³/mol. The van der Waals surface area contributed by atoms with Crippen molar-refractivity contribution in [3.63, 3.8) is 0 Å². The van der Waals surface area contributed by atoms with Gasteiger partial charge in [0.1, 0.15) is 23.1 Å². The summed E-state index contributed by atoms with van der Waals surface area (Å²) < 4.78 is 12.9. The molecule has 1 aliphatic heterocycles. The van der Waals surface area contributed by atoms with Gasteiger partial charge < -0.3 is 19.8 Å². The smallest absolute Gasteiger partial charge is 0.324 e. The lowest BCUT2D eigenvalue weighted by Gasteiger charge is -2.35. The van der Waals surface area contributed by atoms with E-state index in [0.717, 1.165) is 0 Å². The van der Waals surface area contributed by atoms with Crippen LogP contribution in [0, 0.1) is 25.0 Å². The summed E-state index contributed by atoms with van der Waals surface area (Å²) in [4.78, 5) is 25.4. The zero-order valence-electron chi connectivity index (χ0n) is 15.8. The Morgan fingerprint density at radius 3 is 2.11 bits per heavy atom. The minimum absolute atomic E-state index is 0.0293. The van der Waals surface area contributed by atoms with Gasteiger partial charge in [-0.3, -0.25) is 9.59 Å². The quantitative estimate of drug-likeness (QED) is 0.378. The molecule has 0 amide bonds. The first kappa shape index (κ1) is 18.8. The topological polar surface area (TPSA) is 105 Å². The van der Waals surface area contributed by atoms with Crippen LogP contribution in [0.3, 0.4) is 0 Å². The van der Waals surface area contributed by atoms with Crippen molar-refractivity contribution in [3.05, 3.63) is 52.2 Å². The zero-order valence-corrected chi connectivity index (χ0v) is 15.8. The third kappa shape index (κ3) is 3.11. The van der Waals surface area contributed by atoms with Gasteiger partial charge in [-0.2, -0.15) is 0 Å². The number of benzene rings is 1. The van der Waals surface area contributed by atoms with Gasteiger partial charge in [-0.05, 0) is 17.7 Å². The number of esters is 2. The van der Waals surface area contributed by atoms with Crippen molar-refractivity contribution in [1.82, 2.24) is 4.57 Å². The standard InChI is InChI=1S/C19H22N2O6/c1-10-11(2)21(25)16(20(10)5)14(12-6-8-13(22)9-7-12)15-17(23)26-19(3,4)27-18(15)24/h6-9,14-15,22H,1-5H3.